The monoisotopic (exact) mass is 254 g/mol. The molecule has 0 saturated carbocycles. The predicted molar refractivity (Wildman–Crippen MR) is 69.2 cm³/mol. The average molecular weight is 254 g/mol. The summed E-state index contributed by atoms with van der Waals surface area (Å²) >= 11 is 0. The van der Waals surface area contributed by atoms with Crippen LogP contribution in [-0.2, 0) is 10.2 Å². The molecule has 0 saturated heterocycles. The van der Waals surface area contributed by atoms with Crippen molar-refractivity contribution in [2.24, 2.45) is 5.73 Å². The van der Waals surface area contributed by atoms with Crippen molar-refractivity contribution in [1.29, 1.82) is 0 Å². The van der Waals surface area contributed by atoms with E-state index in [2.05, 4.69) is 15.5 Å². The topological polar surface area (TPSA) is 93.0 Å². The molecule has 1 aromatic rings. The maximum Gasteiger partial charge on any atom is 0.407 e. The number of nitrogens with two attached hydrogens (primary N) is 1. The molecule has 1 amide bonds. The number of carbonyl (C=O) groups excluding carboxylic acids is 1. The van der Waals surface area contributed by atoms with Gasteiger partial charge in [-0.05, 0) is 26.3 Å². The van der Waals surface area contributed by atoms with Gasteiger partial charge in [-0.15, -0.1) is 0 Å². The number of amides is 1. The first-order valence-electron chi connectivity index (χ1n) is 5.93. The van der Waals surface area contributed by atoms with Gasteiger partial charge in [0, 0.05) is 24.7 Å². The summed E-state index contributed by atoms with van der Waals surface area (Å²) in [5.74, 6) is 0. The van der Waals surface area contributed by atoms with Crippen molar-refractivity contribution in [3.63, 3.8) is 0 Å². The molecular formula is C12H22N4O2. The molecule has 0 radical (unpaired) electrons. The van der Waals surface area contributed by atoms with Crippen LogP contribution in [0.4, 0.5) is 4.79 Å². The van der Waals surface area contributed by atoms with E-state index in [1.54, 1.807) is 12.4 Å². The summed E-state index contributed by atoms with van der Waals surface area (Å²) in [5, 5.41) is 9.38. The SMILES string of the molecule is CC(C)(C)OC(=O)NCC(C)(CN)c1cn[nH]c1. The first-order chi connectivity index (χ1) is 8.27. The molecule has 6 heteroatoms. The molecule has 0 aromatic carbocycles. The van der Waals surface area contributed by atoms with Gasteiger partial charge in [-0.25, -0.2) is 4.79 Å². The zero-order chi connectivity index (χ0) is 13.8. The number of hydrogen-bond acceptors (Lipinski definition) is 4. The molecule has 6 nitrogen and oxygen atoms in total. The smallest absolute Gasteiger partial charge is 0.407 e. The lowest BCUT2D eigenvalue weighted by atomic mass is 9.84. The van der Waals surface area contributed by atoms with Crippen LogP contribution in [-0.4, -0.2) is 35.0 Å². The predicted octanol–water partition coefficient (Wildman–Crippen LogP) is 1.15. The molecule has 0 fully saturated rings. The molecule has 1 atom stereocenters. The maximum atomic E-state index is 11.6. The van der Waals surface area contributed by atoms with Gasteiger partial charge >= 0.3 is 6.09 Å². The lowest BCUT2D eigenvalue weighted by Crippen LogP contribution is -2.45. The minimum absolute atomic E-state index is 0.357. The van der Waals surface area contributed by atoms with Crippen LogP contribution < -0.4 is 11.1 Å². The highest BCUT2D eigenvalue weighted by atomic mass is 16.6. The van der Waals surface area contributed by atoms with E-state index in [0.717, 1.165) is 5.56 Å². The number of carbonyl (C=O) groups is 1. The summed E-state index contributed by atoms with van der Waals surface area (Å²) in [6.45, 7) is 8.25. The van der Waals surface area contributed by atoms with Crippen molar-refractivity contribution in [3.05, 3.63) is 18.0 Å². The first-order valence-corrected chi connectivity index (χ1v) is 5.93. The largest absolute Gasteiger partial charge is 0.444 e. The third-order valence-electron chi connectivity index (χ3n) is 2.67. The Hall–Kier alpha value is -1.56. The van der Waals surface area contributed by atoms with Gasteiger partial charge in [0.2, 0.25) is 0 Å². The second-order valence-corrected chi connectivity index (χ2v) is 5.61. The van der Waals surface area contributed by atoms with E-state index < -0.39 is 11.7 Å². The number of nitrogens with zero attached hydrogens (tertiary/aromatic N) is 1. The zero-order valence-corrected chi connectivity index (χ0v) is 11.4. The number of H-pyrrole nitrogens is 1. The molecule has 0 aliphatic heterocycles. The van der Waals surface area contributed by atoms with Crippen molar-refractivity contribution in [2.45, 2.75) is 38.7 Å². The molecule has 102 valence electrons. The fourth-order valence-electron chi connectivity index (χ4n) is 1.45. The van der Waals surface area contributed by atoms with Gasteiger partial charge in [0.25, 0.3) is 0 Å². The van der Waals surface area contributed by atoms with Gasteiger partial charge in [-0.3, -0.25) is 5.10 Å². The number of nitrogens with one attached hydrogen (secondary N) is 2. The third kappa shape index (κ3) is 4.03. The Labute approximate surface area is 107 Å². The highest BCUT2D eigenvalue weighted by Crippen LogP contribution is 2.20. The fraction of sp³-hybridized carbons (Fsp3) is 0.667. The first kappa shape index (κ1) is 14.5. The lowest BCUT2D eigenvalue weighted by Gasteiger charge is -2.28. The van der Waals surface area contributed by atoms with Crippen LogP contribution in [0.3, 0.4) is 0 Å². The Bertz CT molecular complexity index is 383. The molecule has 1 heterocycles. The summed E-state index contributed by atoms with van der Waals surface area (Å²) in [6, 6.07) is 0. The van der Waals surface area contributed by atoms with E-state index in [1.807, 2.05) is 27.7 Å². The Morgan fingerprint density at radius 1 is 1.50 bits per heavy atom. The normalized spacial score (nSPS) is 14.9. The zero-order valence-electron chi connectivity index (χ0n) is 11.4. The number of ether oxygens (including phenoxy) is 1. The van der Waals surface area contributed by atoms with Gasteiger partial charge in [-0.1, -0.05) is 6.92 Å². The standard InChI is InChI=1S/C12H22N4O2/c1-11(2,3)18-10(17)14-8-12(4,7-13)9-5-15-16-6-9/h5-6H,7-8,13H2,1-4H3,(H,14,17)(H,15,16). The minimum Gasteiger partial charge on any atom is -0.444 e. The van der Waals surface area contributed by atoms with Crippen LogP contribution in [0.5, 0.6) is 0 Å². The van der Waals surface area contributed by atoms with Crippen molar-refractivity contribution < 1.29 is 9.53 Å². The molecule has 0 aliphatic carbocycles. The second-order valence-electron chi connectivity index (χ2n) is 5.61. The Balaban J connectivity index is 2.58. The molecule has 18 heavy (non-hydrogen) atoms. The molecule has 1 aromatic heterocycles. The fourth-order valence-corrected chi connectivity index (χ4v) is 1.45. The highest BCUT2D eigenvalue weighted by Gasteiger charge is 2.27. The molecule has 0 bridgehead atoms. The van der Waals surface area contributed by atoms with Crippen LogP contribution >= 0.6 is 0 Å². The quantitative estimate of drug-likeness (QED) is 0.751. The lowest BCUT2D eigenvalue weighted by molar-refractivity contribution is 0.0516. The van der Waals surface area contributed by atoms with E-state index in [1.165, 1.54) is 0 Å². The number of hydrogen-bond donors (Lipinski definition) is 3. The maximum absolute atomic E-state index is 11.6. The summed E-state index contributed by atoms with van der Waals surface area (Å²) in [6.07, 6.45) is 3.05. The van der Waals surface area contributed by atoms with Crippen LogP contribution in [0, 0.1) is 0 Å². The number of aromatic amines is 1. The minimum atomic E-state index is -0.501. The Morgan fingerprint density at radius 3 is 2.61 bits per heavy atom. The van der Waals surface area contributed by atoms with Gasteiger partial charge in [0.15, 0.2) is 0 Å². The Morgan fingerprint density at radius 2 is 2.17 bits per heavy atom. The van der Waals surface area contributed by atoms with Gasteiger partial charge in [-0.2, -0.15) is 5.10 Å². The van der Waals surface area contributed by atoms with E-state index >= 15 is 0 Å². The van der Waals surface area contributed by atoms with Crippen LogP contribution in [0.2, 0.25) is 0 Å². The van der Waals surface area contributed by atoms with Crippen molar-refractivity contribution >= 4 is 6.09 Å². The Kier molecular flexibility index (Phi) is 4.34. The van der Waals surface area contributed by atoms with Crippen LogP contribution in [0.1, 0.15) is 33.3 Å². The van der Waals surface area contributed by atoms with Crippen molar-refractivity contribution in [1.82, 2.24) is 15.5 Å². The molecule has 1 rings (SSSR count). The third-order valence-corrected chi connectivity index (χ3v) is 2.67. The molecule has 4 N–H and O–H groups in total. The van der Waals surface area contributed by atoms with Crippen LogP contribution in [0.25, 0.3) is 0 Å². The van der Waals surface area contributed by atoms with Crippen LogP contribution in [0.15, 0.2) is 12.4 Å². The van der Waals surface area contributed by atoms with Crippen molar-refractivity contribution in [2.75, 3.05) is 13.1 Å². The number of rotatable bonds is 4. The van der Waals surface area contributed by atoms with E-state index in [-0.39, 0.29) is 5.41 Å². The number of aromatic nitrogens is 2. The van der Waals surface area contributed by atoms with Gasteiger partial charge in [0.05, 0.1) is 6.20 Å². The van der Waals surface area contributed by atoms with E-state index in [0.29, 0.717) is 13.1 Å². The molecule has 0 aliphatic rings. The van der Waals surface area contributed by atoms with Gasteiger partial charge < -0.3 is 15.8 Å². The number of alkyl carbamates (subject to hydrolysis) is 1. The second kappa shape index (κ2) is 5.39. The van der Waals surface area contributed by atoms with Crippen molar-refractivity contribution in [3.8, 4) is 0 Å². The molecule has 1 unspecified atom stereocenters. The summed E-state index contributed by atoms with van der Waals surface area (Å²) in [7, 11) is 0. The average Bonchev–Trinajstić information content (AvgIpc) is 2.77. The summed E-state index contributed by atoms with van der Waals surface area (Å²) in [4.78, 5) is 11.6. The molecular weight excluding hydrogens is 232 g/mol. The summed E-state index contributed by atoms with van der Waals surface area (Å²) in [5.41, 5.74) is 5.88. The van der Waals surface area contributed by atoms with Gasteiger partial charge in [0.1, 0.15) is 5.60 Å². The van der Waals surface area contributed by atoms with E-state index in [4.69, 9.17) is 10.5 Å². The highest BCUT2D eigenvalue weighted by molar-refractivity contribution is 5.67. The van der Waals surface area contributed by atoms with E-state index in [9.17, 15) is 4.79 Å². The molecule has 0 spiro atoms. The summed E-state index contributed by atoms with van der Waals surface area (Å²) < 4.78 is 5.18.